The van der Waals surface area contributed by atoms with Crippen molar-refractivity contribution in [2.45, 2.75) is 64.8 Å². The maximum Gasteiger partial charge on any atom is 0.262 e. The Hall–Kier alpha value is -6.24. The van der Waals surface area contributed by atoms with Gasteiger partial charge in [-0.3, -0.25) is 9.59 Å². The minimum atomic E-state index is -0.384. The van der Waals surface area contributed by atoms with Crippen LogP contribution in [0.15, 0.2) is 95.1 Å². The van der Waals surface area contributed by atoms with Crippen LogP contribution in [0.4, 0.5) is 17.1 Å². The molecule has 2 unspecified atom stereocenters. The molecule has 13 nitrogen and oxygen atoms in total. The molecule has 1 fully saturated rings. The van der Waals surface area contributed by atoms with Crippen LogP contribution in [0.1, 0.15) is 49.8 Å². The highest BCUT2D eigenvalue weighted by molar-refractivity contribution is 6.10. The Bertz CT molecular complexity index is 2100. The molecule has 0 radical (unpaired) electrons. The van der Waals surface area contributed by atoms with Crippen LogP contribution in [-0.2, 0) is 29.2 Å². The Morgan fingerprint density at radius 1 is 0.722 bits per heavy atom. The molecule has 9 rings (SSSR count). The third-order valence-electron chi connectivity index (χ3n) is 10.4. The molecule has 1 saturated carbocycles. The molecule has 4 aromatic rings. The molecule has 2 amide bonds. The second-order valence-corrected chi connectivity index (χ2v) is 14.0. The quantitative estimate of drug-likeness (QED) is 0.199. The molecule has 0 aromatic heterocycles. The van der Waals surface area contributed by atoms with Crippen LogP contribution >= 0.6 is 0 Å². The number of amides is 2. The van der Waals surface area contributed by atoms with Gasteiger partial charge in [-0.15, -0.1) is 0 Å². The highest BCUT2D eigenvalue weighted by atomic mass is 16.5. The number of nitrogens with one attached hydrogen (secondary N) is 2. The summed E-state index contributed by atoms with van der Waals surface area (Å²) < 4.78 is 23.8. The summed E-state index contributed by atoms with van der Waals surface area (Å²) in [6.45, 7) is 5.25. The van der Waals surface area contributed by atoms with Gasteiger partial charge < -0.3 is 34.5 Å². The second kappa shape index (κ2) is 15.0. The summed E-state index contributed by atoms with van der Waals surface area (Å²) in [4.78, 5) is 27.9. The van der Waals surface area contributed by atoms with Crippen LogP contribution in [0, 0.1) is 5.92 Å². The highest BCUT2D eigenvalue weighted by Gasteiger charge is 2.37. The lowest BCUT2D eigenvalue weighted by molar-refractivity contribution is -0.123. The molecule has 2 atom stereocenters. The Morgan fingerprint density at radius 3 is 1.74 bits per heavy atom. The van der Waals surface area contributed by atoms with Gasteiger partial charge in [0.1, 0.15) is 61.5 Å². The maximum absolute atomic E-state index is 12.2. The summed E-state index contributed by atoms with van der Waals surface area (Å²) in [6, 6.07) is 27.0. The van der Waals surface area contributed by atoms with E-state index in [2.05, 4.69) is 39.3 Å². The van der Waals surface area contributed by atoms with E-state index in [1.165, 1.54) is 24.8 Å². The standard InChI is InChI=1S/C23H25N3O3.C18H18N4O3/c1-15-23(27)25-24-22-14-29-21-12-20(28-13-17-6-3-2-4-7-17)18(10-16-8-5-9-16)11-19(21)26(15)22;1-11-18(23)21-20-17-10-25-16-8-15(13(19)7-14(16)22(11)17)24-9-12-5-3-2-4-6-12/h2-4,6-7,11-12,15-16H,5,8-10,13-14H2,1H3,(H,25,27);2-8,11H,9-10,19H2,1H3,(H,21,23). The number of benzene rings is 4. The van der Waals surface area contributed by atoms with E-state index in [1.54, 1.807) is 12.1 Å². The van der Waals surface area contributed by atoms with E-state index in [-0.39, 0.29) is 30.5 Å². The molecule has 5 aliphatic rings. The van der Waals surface area contributed by atoms with Crippen LogP contribution in [-0.4, -0.2) is 48.8 Å². The molecule has 0 spiro atoms. The summed E-state index contributed by atoms with van der Waals surface area (Å²) in [5.41, 5.74) is 16.7. The molecule has 13 heteroatoms. The summed E-state index contributed by atoms with van der Waals surface area (Å²) in [6.07, 6.45) is 4.82. The third kappa shape index (κ3) is 7.08. The van der Waals surface area contributed by atoms with Gasteiger partial charge in [0, 0.05) is 12.1 Å². The van der Waals surface area contributed by atoms with E-state index >= 15 is 0 Å². The molecule has 4 aromatic carbocycles. The monoisotopic (exact) mass is 729 g/mol. The number of hydrazone groups is 2. The van der Waals surface area contributed by atoms with Crippen molar-refractivity contribution in [3.63, 3.8) is 0 Å². The van der Waals surface area contributed by atoms with Gasteiger partial charge >= 0.3 is 0 Å². The molecule has 0 bridgehead atoms. The van der Waals surface area contributed by atoms with E-state index in [4.69, 9.17) is 24.7 Å². The fourth-order valence-electron chi connectivity index (χ4n) is 7.06. The van der Waals surface area contributed by atoms with Gasteiger partial charge in [0.2, 0.25) is 0 Å². The number of hydrogen-bond acceptors (Lipinski definition) is 11. The van der Waals surface area contributed by atoms with Gasteiger partial charge in [0.05, 0.1) is 17.1 Å². The number of hydrogen-bond donors (Lipinski definition) is 3. The first-order chi connectivity index (χ1) is 26.3. The minimum absolute atomic E-state index is 0.105. The number of anilines is 3. The zero-order chi connectivity index (χ0) is 37.2. The predicted octanol–water partition coefficient (Wildman–Crippen LogP) is 5.52. The Morgan fingerprint density at radius 2 is 1.22 bits per heavy atom. The molecular weight excluding hydrogens is 686 g/mol. The molecule has 0 saturated heterocycles. The van der Waals surface area contributed by atoms with E-state index < -0.39 is 0 Å². The van der Waals surface area contributed by atoms with Crippen molar-refractivity contribution < 1.29 is 28.5 Å². The van der Waals surface area contributed by atoms with Gasteiger partial charge in [-0.1, -0.05) is 79.9 Å². The normalized spacial score (nSPS) is 19.6. The van der Waals surface area contributed by atoms with E-state index in [0.29, 0.717) is 48.8 Å². The molecule has 4 aliphatic heterocycles. The van der Waals surface area contributed by atoms with Gasteiger partial charge in [0.25, 0.3) is 11.8 Å². The van der Waals surface area contributed by atoms with Gasteiger partial charge in [-0.05, 0) is 55.0 Å². The number of nitrogen functional groups attached to an aromatic ring is 1. The van der Waals surface area contributed by atoms with Crippen LogP contribution in [0.3, 0.4) is 0 Å². The summed E-state index contributed by atoms with van der Waals surface area (Å²) in [5, 5.41) is 8.24. The molecule has 54 heavy (non-hydrogen) atoms. The molecular formula is C41H43N7O6. The SMILES string of the molecule is CC1C(=O)NN=C2COc3cc(OCc4ccccc4)c(CC4CCC4)cc3N21.CC1C(=O)NN=C2COc3cc(OCc4ccccc4)c(N)cc3N21. The summed E-state index contributed by atoms with van der Waals surface area (Å²) in [7, 11) is 0. The number of nitrogens with zero attached hydrogens (tertiary/aromatic N) is 4. The van der Waals surface area contributed by atoms with Gasteiger partial charge in [0.15, 0.2) is 11.7 Å². The first kappa shape index (κ1) is 34.8. The summed E-state index contributed by atoms with van der Waals surface area (Å²) in [5.74, 6) is 4.60. The number of amidine groups is 2. The molecule has 1 aliphatic carbocycles. The summed E-state index contributed by atoms with van der Waals surface area (Å²) >= 11 is 0. The van der Waals surface area contributed by atoms with E-state index in [0.717, 1.165) is 46.3 Å². The first-order valence-corrected chi connectivity index (χ1v) is 18.3. The topological polar surface area (TPSA) is 152 Å². The fraction of sp³-hybridized carbons (Fsp3) is 0.317. The van der Waals surface area contributed by atoms with Gasteiger partial charge in [-0.2, -0.15) is 10.2 Å². The van der Waals surface area contributed by atoms with Crippen molar-refractivity contribution in [3.05, 3.63) is 102 Å². The highest BCUT2D eigenvalue weighted by Crippen LogP contribution is 2.43. The van der Waals surface area contributed by atoms with Crippen molar-refractivity contribution >= 4 is 40.5 Å². The lowest BCUT2D eigenvalue weighted by Gasteiger charge is -2.38. The Labute approximate surface area is 313 Å². The minimum Gasteiger partial charge on any atom is -0.488 e. The number of fused-ring (bicyclic) bond motifs is 6. The lowest BCUT2D eigenvalue weighted by atomic mass is 9.80. The number of nitrogens with two attached hydrogens (primary N) is 1. The first-order valence-electron chi connectivity index (χ1n) is 18.3. The van der Waals surface area contributed by atoms with Crippen molar-refractivity contribution in [3.8, 4) is 23.0 Å². The van der Waals surface area contributed by atoms with Crippen molar-refractivity contribution in [2.24, 2.45) is 16.1 Å². The lowest BCUT2D eigenvalue weighted by Crippen LogP contribution is -2.55. The Balaban J connectivity index is 0.000000155. The number of carbonyl (C=O) groups excluding carboxylic acids is 2. The number of ether oxygens (including phenoxy) is 4. The second-order valence-electron chi connectivity index (χ2n) is 14.0. The van der Waals surface area contributed by atoms with Crippen LogP contribution in [0.5, 0.6) is 23.0 Å². The van der Waals surface area contributed by atoms with Crippen molar-refractivity contribution in [1.82, 2.24) is 10.9 Å². The zero-order valence-electron chi connectivity index (χ0n) is 30.3. The zero-order valence-corrected chi connectivity index (χ0v) is 30.3. The van der Waals surface area contributed by atoms with Crippen molar-refractivity contribution in [1.29, 1.82) is 0 Å². The third-order valence-corrected chi connectivity index (χ3v) is 10.4. The predicted molar refractivity (Wildman–Crippen MR) is 206 cm³/mol. The maximum atomic E-state index is 12.2. The largest absolute Gasteiger partial charge is 0.488 e. The van der Waals surface area contributed by atoms with Crippen LogP contribution < -0.4 is 45.3 Å². The number of carbonyl (C=O) groups is 2. The van der Waals surface area contributed by atoms with Crippen LogP contribution in [0.2, 0.25) is 0 Å². The van der Waals surface area contributed by atoms with Crippen molar-refractivity contribution in [2.75, 3.05) is 28.7 Å². The molecule has 278 valence electrons. The van der Waals surface area contributed by atoms with E-state index in [1.807, 2.05) is 78.2 Å². The van der Waals surface area contributed by atoms with Gasteiger partial charge in [-0.25, -0.2) is 10.9 Å². The fourth-order valence-corrected chi connectivity index (χ4v) is 7.06. The molecule has 4 heterocycles. The molecule has 4 N–H and O–H groups in total. The van der Waals surface area contributed by atoms with E-state index in [9.17, 15) is 9.59 Å². The average molecular weight is 730 g/mol. The average Bonchev–Trinajstić information content (AvgIpc) is 3.18. The smallest absolute Gasteiger partial charge is 0.262 e. The Kier molecular flexibility index (Phi) is 9.68. The van der Waals surface area contributed by atoms with Crippen LogP contribution in [0.25, 0.3) is 0 Å². The number of rotatable bonds is 8.